The molecule has 0 saturated carbocycles. The number of hydrogen-bond acceptors (Lipinski definition) is 3. The molecule has 1 aliphatic rings. The minimum Gasteiger partial charge on any atom is -0.494 e. The molecule has 0 bridgehead atoms. The lowest BCUT2D eigenvalue weighted by Gasteiger charge is -2.12. The van der Waals surface area contributed by atoms with Crippen LogP contribution in [0.1, 0.15) is 29.7 Å². The first kappa shape index (κ1) is 19.8. The molecular weight excluding hydrogens is 367 g/mol. The van der Waals surface area contributed by atoms with Crippen LogP contribution in [0.15, 0.2) is 66.6 Å². The lowest BCUT2D eigenvalue weighted by molar-refractivity contribution is -0.137. The second kappa shape index (κ2) is 8.37. The molecule has 0 fully saturated rings. The van der Waals surface area contributed by atoms with Crippen LogP contribution in [-0.4, -0.2) is 16.2 Å². The maximum atomic E-state index is 12.6. The summed E-state index contributed by atoms with van der Waals surface area (Å²) in [4.78, 5) is 4.40. The molecule has 148 valence electrons. The number of allylic oxidation sites excluding steroid dienone is 5. The number of hydrogen-bond donors (Lipinski definition) is 1. The van der Waals surface area contributed by atoms with Gasteiger partial charge in [0.05, 0.1) is 18.4 Å². The molecule has 0 aliphatic heterocycles. The first-order chi connectivity index (χ1) is 13.4. The lowest BCUT2D eigenvalue weighted by Crippen LogP contribution is -2.08. The molecule has 1 aromatic carbocycles. The zero-order valence-corrected chi connectivity index (χ0v) is 15.7. The highest BCUT2D eigenvalue weighted by atomic mass is 19.4. The van der Waals surface area contributed by atoms with Gasteiger partial charge in [0.25, 0.3) is 0 Å². The van der Waals surface area contributed by atoms with E-state index >= 15 is 0 Å². The van der Waals surface area contributed by atoms with Gasteiger partial charge in [-0.25, -0.2) is 4.98 Å². The Morgan fingerprint density at radius 1 is 1.18 bits per heavy atom. The normalized spacial score (nSPS) is 16.6. The van der Waals surface area contributed by atoms with E-state index in [2.05, 4.69) is 16.4 Å². The van der Waals surface area contributed by atoms with E-state index in [1.807, 2.05) is 42.8 Å². The quantitative estimate of drug-likeness (QED) is 0.740. The maximum absolute atomic E-state index is 12.6. The Labute approximate surface area is 162 Å². The summed E-state index contributed by atoms with van der Waals surface area (Å²) >= 11 is 0. The number of rotatable bonds is 6. The van der Waals surface area contributed by atoms with Crippen LogP contribution in [0.3, 0.4) is 0 Å². The zero-order chi connectivity index (χ0) is 20.1. The molecule has 0 radical (unpaired) electrons. The Bertz CT molecular complexity index is 893. The summed E-state index contributed by atoms with van der Waals surface area (Å²) in [6.45, 7) is 2.93. The zero-order valence-electron chi connectivity index (χ0n) is 15.7. The number of benzene rings is 1. The molecule has 1 heterocycles. The molecule has 1 N–H and O–H groups in total. The van der Waals surface area contributed by atoms with Crippen LogP contribution >= 0.6 is 0 Å². The van der Waals surface area contributed by atoms with Gasteiger partial charge in [-0.2, -0.15) is 13.2 Å². The van der Waals surface area contributed by atoms with Crippen LogP contribution in [0.4, 0.5) is 19.1 Å². The van der Waals surface area contributed by atoms with E-state index in [9.17, 15) is 13.2 Å². The van der Waals surface area contributed by atoms with E-state index in [1.165, 1.54) is 12.1 Å². The van der Waals surface area contributed by atoms with Gasteiger partial charge in [0, 0.05) is 25.2 Å². The highest BCUT2D eigenvalue weighted by Gasteiger charge is 2.29. The fraction of sp³-hybridized carbons (Fsp3) is 0.286. The van der Waals surface area contributed by atoms with Crippen LogP contribution in [0.5, 0.6) is 0 Å². The number of nitrogens with one attached hydrogen (secondary N) is 1. The number of imidazole rings is 1. The summed E-state index contributed by atoms with van der Waals surface area (Å²) in [6, 6.07) is 5.12. The Hall–Kier alpha value is -2.96. The highest BCUT2D eigenvalue weighted by molar-refractivity contribution is 5.38. The van der Waals surface area contributed by atoms with E-state index < -0.39 is 11.7 Å². The molecular formula is C21H22F3N3O. The molecule has 1 aromatic heterocycles. The van der Waals surface area contributed by atoms with Crippen molar-refractivity contribution in [2.75, 3.05) is 11.9 Å². The minimum absolute atomic E-state index is 0.0494. The summed E-state index contributed by atoms with van der Waals surface area (Å²) in [7, 11) is 1.90. The van der Waals surface area contributed by atoms with E-state index in [4.69, 9.17) is 4.74 Å². The Morgan fingerprint density at radius 3 is 2.61 bits per heavy atom. The standard InChI is InChI=1S/C21H22F3N3O/c1-3-28-18-6-4-5-16(9-12-18)19-14-26-20(27(19)2)25-13-15-7-10-17(11-8-15)21(22,23)24/h4-12,14,16H,3,13H2,1-2H3,(H,25,26). The third-order valence-corrected chi connectivity index (χ3v) is 4.46. The second-order valence-electron chi connectivity index (χ2n) is 6.39. The van der Waals surface area contributed by atoms with E-state index in [-0.39, 0.29) is 5.92 Å². The molecule has 4 nitrogen and oxygen atoms in total. The molecule has 3 rings (SSSR count). The van der Waals surface area contributed by atoms with Crippen molar-refractivity contribution >= 4 is 5.95 Å². The number of aromatic nitrogens is 2. The average molecular weight is 389 g/mol. The van der Waals surface area contributed by atoms with Gasteiger partial charge < -0.3 is 14.6 Å². The molecule has 7 heteroatoms. The number of nitrogens with zero attached hydrogens (tertiary/aromatic N) is 2. The van der Waals surface area contributed by atoms with Crippen LogP contribution in [0, 0.1) is 0 Å². The van der Waals surface area contributed by atoms with Gasteiger partial charge in [-0.05, 0) is 36.8 Å². The van der Waals surface area contributed by atoms with Crippen LogP contribution in [0.25, 0.3) is 0 Å². The first-order valence-electron chi connectivity index (χ1n) is 8.99. The molecule has 1 atom stereocenters. The number of ether oxygens (including phenoxy) is 1. The van der Waals surface area contributed by atoms with Gasteiger partial charge in [0.1, 0.15) is 5.76 Å². The fourth-order valence-corrected chi connectivity index (χ4v) is 2.94. The topological polar surface area (TPSA) is 39.1 Å². The van der Waals surface area contributed by atoms with Crippen molar-refractivity contribution < 1.29 is 17.9 Å². The van der Waals surface area contributed by atoms with Gasteiger partial charge in [0.2, 0.25) is 5.95 Å². The Morgan fingerprint density at radius 2 is 1.93 bits per heavy atom. The molecule has 0 saturated heterocycles. The minimum atomic E-state index is -4.32. The maximum Gasteiger partial charge on any atom is 0.416 e. The van der Waals surface area contributed by atoms with Crippen molar-refractivity contribution in [3.8, 4) is 0 Å². The smallest absolute Gasteiger partial charge is 0.416 e. The van der Waals surface area contributed by atoms with Crippen molar-refractivity contribution in [2.45, 2.75) is 25.6 Å². The molecule has 0 spiro atoms. The third kappa shape index (κ3) is 4.65. The second-order valence-corrected chi connectivity index (χ2v) is 6.39. The lowest BCUT2D eigenvalue weighted by atomic mass is 10.1. The molecule has 1 unspecified atom stereocenters. The van der Waals surface area contributed by atoms with Crippen molar-refractivity contribution in [1.29, 1.82) is 0 Å². The highest BCUT2D eigenvalue weighted by Crippen LogP contribution is 2.29. The van der Waals surface area contributed by atoms with Crippen LogP contribution < -0.4 is 5.32 Å². The molecule has 1 aliphatic carbocycles. The largest absolute Gasteiger partial charge is 0.494 e. The summed E-state index contributed by atoms with van der Waals surface area (Å²) in [6.07, 6.45) is 7.38. The summed E-state index contributed by atoms with van der Waals surface area (Å²) in [5, 5.41) is 3.18. The van der Waals surface area contributed by atoms with Gasteiger partial charge >= 0.3 is 6.18 Å². The predicted octanol–water partition coefficient (Wildman–Crippen LogP) is 5.18. The Balaban J connectivity index is 1.66. The summed E-state index contributed by atoms with van der Waals surface area (Å²) in [5.41, 5.74) is 1.09. The van der Waals surface area contributed by atoms with Crippen LogP contribution in [0.2, 0.25) is 0 Å². The molecule has 28 heavy (non-hydrogen) atoms. The van der Waals surface area contributed by atoms with E-state index in [1.54, 1.807) is 6.20 Å². The summed E-state index contributed by atoms with van der Waals surface area (Å²) < 4.78 is 45.4. The van der Waals surface area contributed by atoms with Gasteiger partial charge in [-0.15, -0.1) is 0 Å². The van der Waals surface area contributed by atoms with Crippen molar-refractivity contribution in [2.24, 2.45) is 7.05 Å². The van der Waals surface area contributed by atoms with E-state index in [0.717, 1.165) is 29.1 Å². The number of anilines is 1. The Kier molecular flexibility index (Phi) is 5.92. The van der Waals surface area contributed by atoms with Crippen molar-refractivity contribution in [3.63, 3.8) is 0 Å². The van der Waals surface area contributed by atoms with E-state index in [0.29, 0.717) is 19.1 Å². The summed E-state index contributed by atoms with van der Waals surface area (Å²) in [5.74, 6) is 1.51. The molecule has 2 aromatic rings. The number of halogens is 3. The van der Waals surface area contributed by atoms with Crippen LogP contribution in [-0.2, 0) is 24.5 Å². The van der Waals surface area contributed by atoms with Crippen molar-refractivity contribution in [3.05, 3.63) is 83.4 Å². The predicted molar refractivity (Wildman–Crippen MR) is 103 cm³/mol. The number of alkyl halides is 3. The fourth-order valence-electron chi connectivity index (χ4n) is 2.94. The average Bonchev–Trinajstić information content (AvgIpc) is 2.87. The van der Waals surface area contributed by atoms with Gasteiger partial charge in [0.15, 0.2) is 0 Å². The third-order valence-electron chi connectivity index (χ3n) is 4.46. The monoisotopic (exact) mass is 389 g/mol. The first-order valence-corrected chi connectivity index (χ1v) is 8.99. The van der Waals surface area contributed by atoms with Gasteiger partial charge in [-0.1, -0.05) is 30.4 Å². The molecule has 0 amide bonds. The van der Waals surface area contributed by atoms with Gasteiger partial charge in [-0.3, -0.25) is 0 Å². The van der Waals surface area contributed by atoms with Crippen molar-refractivity contribution in [1.82, 2.24) is 9.55 Å². The SMILES string of the molecule is CCOC1=CC=CC(c2cnc(NCc3ccc(C(F)(F)F)cc3)n2C)C=C1.